The first-order valence-corrected chi connectivity index (χ1v) is 2.83. The average Bonchev–Trinajstić information content (AvgIpc) is 1.84. The lowest BCUT2D eigenvalue weighted by molar-refractivity contribution is 0.758. The number of hydrogen-bond acceptors (Lipinski definition) is 2. The van der Waals surface area contributed by atoms with Gasteiger partial charge in [-0.2, -0.15) is 0 Å². The lowest BCUT2D eigenvalue weighted by atomic mass is 10.2. The molecule has 0 bridgehead atoms. The van der Waals surface area contributed by atoms with Crippen molar-refractivity contribution in [3.8, 4) is 0 Å². The van der Waals surface area contributed by atoms with Crippen molar-refractivity contribution in [2.75, 3.05) is 14.1 Å². The molecule has 2 heteroatoms. The van der Waals surface area contributed by atoms with Crippen molar-refractivity contribution in [3.05, 3.63) is 0 Å². The van der Waals surface area contributed by atoms with Crippen LogP contribution in [-0.4, -0.2) is 25.8 Å². The van der Waals surface area contributed by atoms with E-state index in [0.717, 1.165) is 5.71 Å². The summed E-state index contributed by atoms with van der Waals surface area (Å²) in [6.07, 6.45) is 0. The van der Waals surface area contributed by atoms with Crippen molar-refractivity contribution in [1.82, 2.24) is 5.32 Å². The molecule has 0 heterocycles. The molecule has 0 saturated carbocycles. The Balaban J connectivity index is 3.63. The third-order valence-corrected chi connectivity index (χ3v) is 1.41. The molecule has 0 aliphatic heterocycles. The summed E-state index contributed by atoms with van der Waals surface area (Å²) in [5.41, 5.74) is 1.15. The monoisotopic (exact) mass is 114 g/mol. The van der Waals surface area contributed by atoms with E-state index < -0.39 is 0 Å². The number of nitrogens with zero attached hydrogens (tertiary/aromatic N) is 1. The average molecular weight is 114 g/mol. The van der Waals surface area contributed by atoms with Gasteiger partial charge in [0.05, 0.1) is 0 Å². The maximum absolute atomic E-state index is 4.01. The summed E-state index contributed by atoms with van der Waals surface area (Å²) in [7, 11) is 3.74. The Morgan fingerprint density at radius 1 is 1.62 bits per heavy atom. The van der Waals surface area contributed by atoms with Crippen molar-refractivity contribution in [2.45, 2.75) is 19.9 Å². The molecule has 0 aromatic rings. The normalized spacial score (nSPS) is 16.2. The molecule has 2 nitrogen and oxygen atoms in total. The Morgan fingerprint density at radius 3 is 2.25 bits per heavy atom. The van der Waals surface area contributed by atoms with E-state index in [0.29, 0.717) is 6.04 Å². The van der Waals surface area contributed by atoms with Crippen LogP contribution < -0.4 is 5.32 Å². The predicted octanol–water partition coefficient (Wildman–Crippen LogP) is 0.685. The lowest BCUT2D eigenvalue weighted by Gasteiger charge is -2.06. The number of rotatable bonds is 2. The summed E-state index contributed by atoms with van der Waals surface area (Å²) >= 11 is 0. The van der Waals surface area contributed by atoms with Gasteiger partial charge in [-0.3, -0.25) is 4.99 Å². The van der Waals surface area contributed by atoms with Crippen LogP contribution in [0.25, 0.3) is 0 Å². The second-order valence-electron chi connectivity index (χ2n) is 1.88. The highest BCUT2D eigenvalue weighted by atomic mass is 14.9. The van der Waals surface area contributed by atoms with E-state index >= 15 is 0 Å². The predicted molar refractivity (Wildman–Crippen MR) is 37.6 cm³/mol. The van der Waals surface area contributed by atoms with Gasteiger partial charge in [-0.15, -0.1) is 0 Å². The second kappa shape index (κ2) is 3.61. The van der Waals surface area contributed by atoms with Crippen molar-refractivity contribution in [3.63, 3.8) is 0 Å². The van der Waals surface area contributed by atoms with Crippen molar-refractivity contribution in [1.29, 1.82) is 0 Å². The van der Waals surface area contributed by atoms with Gasteiger partial charge in [-0.1, -0.05) is 0 Å². The maximum atomic E-state index is 4.01. The molecule has 48 valence electrons. The summed E-state index contributed by atoms with van der Waals surface area (Å²) in [5, 5.41) is 3.08. The highest BCUT2D eigenvalue weighted by Gasteiger charge is 1.97. The third kappa shape index (κ3) is 2.07. The summed E-state index contributed by atoms with van der Waals surface area (Å²) in [5.74, 6) is 0. The summed E-state index contributed by atoms with van der Waals surface area (Å²) in [6.45, 7) is 4.10. The fraction of sp³-hybridized carbons (Fsp3) is 0.833. The molecule has 0 rings (SSSR count). The van der Waals surface area contributed by atoms with E-state index in [4.69, 9.17) is 0 Å². The van der Waals surface area contributed by atoms with E-state index in [2.05, 4.69) is 17.2 Å². The van der Waals surface area contributed by atoms with Gasteiger partial charge in [-0.25, -0.2) is 0 Å². The molecule has 0 aliphatic rings. The van der Waals surface area contributed by atoms with Crippen LogP contribution >= 0.6 is 0 Å². The zero-order chi connectivity index (χ0) is 6.57. The zero-order valence-corrected chi connectivity index (χ0v) is 6.02. The molecule has 0 radical (unpaired) electrons. The largest absolute Gasteiger partial charge is 0.312 e. The van der Waals surface area contributed by atoms with Crippen LogP contribution in [0, 0.1) is 0 Å². The molecule has 1 N–H and O–H groups in total. The molecule has 0 aromatic heterocycles. The molecule has 1 atom stereocenters. The Hall–Kier alpha value is -0.370. The zero-order valence-electron chi connectivity index (χ0n) is 6.02. The van der Waals surface area contributed by atoms with Gasteiger partial charge in [-0.05, 0) is 20.9 Å². The first-order valence-electron chi connectivity index (χ1n) is 2.83. The highest BCUT2D eigenvalue weighted by Crippen LogP contribution is 1.82. The van der Waals surface area contributed by atoms with Crippen molar-refractivity contribution >= 4 is 5.71 Å². The van der Waals surface area contributed by atoms with Gasteiger partial charge in [0.15, 0.2) is 0 Å². The van der Waals surface area contributed by atoms with E-state index in [1.54, 1.807) is 0 Å². The van der Waals surface area contributed by atoms with Crippen LogP contribution in [0.4, 0.5) is 0 Å². The molecule has 8 heavy (non-hydrogen) atoms. The topological polar surface area (TPSA) is 24.4 Å². The van der Waals surface area contributed by atoms with E-state index in [1.165, 1.54) is 0 Å². The lowest BCUT2D eigenvalue weighted by Crippen LogP contribution is -2.28. The van der Waals surface area contributed by atoms with E-state index in [-0.39, 0.29) is 0 Å². The maximum Gasteiger partial charge on any atom is 0.0416 e. The molecular weight excluding hydrogens is 100 g/mol. The summed E-state index contributed by atoms with van der Waals surface area (Å²) < 4.78 is 0. The van der Waals surface area contributed by atoms with Gasteiger partial charge in [0.2, 0.25) is 0 Å². The standard InChI is InChI=1S/C6H14N2/c1-5(7-3)6(2)8-4/h5,7H,1-4H3. The molecule has 0 aliphatic carbocycles. The van der Waals surface area contributed by atoms with Gasteiger partial charge in [0, 0.05) is 18.8 Å². The minimum Gasteiger partial charge on any atom is -0.312 e. The Bertz CT molecular complexity index is 86.5. The summed E-state index contributed by atoms with van der Waals surface area (Å²) in [6, 6.07) is 0.417. The van der Waals surface area contributed by atoms with E-state index in [1.807, 2.05) is 21.0 Å². The molecule has 0 spiro atoms. The minimum absolute atomic E-state index is 0.417. The molecule has 1 unspecified atom stereocenters. The third-order valence-electron chi connectivity index (χ3n) is 1.41. The molecular formula is C6H14N2. The first kappa shape index (κ1) is 7.63. The number of nitrogens with one attached hydrogen (secondary N) is 1. The smallest absolute Gasteiger partial charge is 0.0416 e. The molecule has 0 amide bonds. The van der Waals surface area contributed by atoms with Crippen LogP contribution in [0.2, 0.25) is 0 Å². The van der Waals surface area contributed by atoms with Crippen LogP contribution in [-0.2, 0) is 0 Å². The minimum atomic E-state index is 0.417. The van der Waals surface area contributed by atoms with Crippen LogP contribution in [0.1, 0.15) is 13.8 Å². The Labute approximate surface area is 51.0 Å². The Morgan fingerprint density at radius 2 is 2.12 bits per heavy atom. The second-order valence-corrected chi connectivity index (χ2v) is 1.88. The molecule has 0 fully saturated rings. The Kier molecular flexibility index (Phi) is 3.44. The quantitative estimate of drug-likeness (QED) is 0.525. The van der Waals surface area contributed by atoms with Gasteiger partial charge in [0.1, 0.15) is 0 Å². The first-order chi connectivity index (χ1) is 3.72. The van der Waals surface area contributed by atoms with Gasteiger partial charge >= 0.3 is 0 Å². The molecule has 0 saturated heterocycles. The SMILES string of the molecule is CN=C(C)C(C)NC. The van der Waals surface area contributed by atoms with Crippen LogP contribution in [0.3, 0.4) is 0 Å². The number of aliphatic imine (C=N–C) groups is 1. The van der Waals surface area contributed by atoms with E-state index in [9.17, 15) is 0 Å². The molecule has 0 aromatic carbocycles. The van der Waals surface area contributed by atoms with Crippen molar-refractivity contribution in [2.24, 2.45) is 4.99 Å². The van der Waals surface area contributed by atoms with Crippen molar-refractivity contribution < 1.29 is 0 Å². The fourth-order valence-corrected chi connectivity index (χ4v) is 0.403. The number of hydrogen-bond donors (Lipinski definition) is 1. The van der Waals surface area contributed by atoms with Crippen LogP contribution in [0.5, 0.6) is 0 Å². The highest BCUT2D eigenvalue weighted by molar-refractivity contribution is 5.86. The summed E-state index contributed by atoms with van der Waals surface area (Å²) in [4.78, 5) is 4.01. The van der Waals surface area contributed by atoms with Crippen LogP contribution in [0.15, 0.2) is 4.99 Å². The van der Waals surface area contributed by atoms with Gasteiger partial charge in [0.25, 0.3) is 0 Å². The van der Waals surface area contributed by atoms with Gasteiger partial charge < -0.3 is 5.32 Å². The fourth-order valence-electron chi connectivity index (χ4n) is 0.403.